The van der Waals surface area contributed by atoms with Gasteiger partial charge in [-0.25, -0.2) is 9.98 Å². The summed E-state index contributed by atoms with van der Waals surface area (Å²) in [5.41, 5.74) is 7.17. The van der Waals surface area contributed by atoms with Gasteiger partial charge in [0.15, 0.2) is 11.1 Å². The van der Waals surface area contributed by atoms with Crippen LogP contribution in [-0.2, 0) is 6.54 Å². The first-order valence-corrected chi connectivity index (χ1v) is 8.99. The van der Waals surface area contributed by atoms with Crippen LogP contribution in [-0.4, -0.2) is 56.2 Å². The molecule has 8 heteroatoms. The second kappa shape index (κ2) is 8.06. The van der Waals surface area contributed by atoms with Crippen LogP contribution in [0.25, 0.3) is 0 Å². The van der Waals surface area contributed by atoms with Crippen molar-refractivity contribution >= 4 is 22.4 Å². The second-order valence-corrected chi connectivity index (χ2v) is 6.51. The molecule has 0 atom stereocenters. The van der Waals surface area contributed by atoms with Gasteiger partial charge in [0.2, 0.25) is 0 Å². The van der Waals surface area contributed by atoms with E-state index in [0.717, 1.165) is 48.4 Å². The highest BCUT2D eigenvalue weighted by Gasteiger charge is 2.19. The van der Waals surface area contributed by atoms with E-state index in [1.807, 2.05) is 29.8 Å². The van der Waals surface area contributed by atoms with E-state index in [4.69, 9.17) is 15.2 Å². The van der Waals surface area contributed by atoms with Gasteiger partial charge < -0.3 is 25.0 Å². The quantitative estimate of drug-likeness (QED) is 0.646. The van der Waals surface area contributed by atoms with Crippen LogP contribution in [0.1, 0.15) is 5.56 Å². The second-order valence-electron chi connectivity index (χ2n) is 5.64. The van der Waals surface area contributed by atoms with Crippen LogP contribution in [0.2, 0.25) is 0 Å². The van der Waals surface area contributed by atoms with Crippen molar-refractivity contribution in [1.82, 2.24) is 9.88 Å². The molecule has 0 aliphatic carbocycles. The number of aromatic nitrogens is 1. The zero-order valence-electron chi connectivity index (χ0n) is 14.5. The molecule has 1 aliphatic heterocycles. The summed E-state index contributed by atoms with van der Waals surface area (Å²) in [5, 5.41) is 3.07. The van der Waals surface area contributed by atoms with Crippen molar-refractivity contribution < 1.29 is 9.47 Å². The Bertz CT molecular complexity index is 712. The number of aliphatic imine (C=N–C) groups is 1. The van der Waals surface area contributed by atoms with Gasteiger partial charge in [-0.2, -0.15) is 0 Å². The lowest BCUT2D eigenvalue weighted by molar-refractivity contribution is 0.379. The number of anilines is 1. The highest BCUT2D eigenvalue weighted by Crippen LogP contribution is 2.25. The van der Waals surface area contributed by atoms with E-state index in [1.54, 1.807) is 25.6 Å². The predicted molar refractivity (Wildman–Crippen MR) is 101 cm³/mol. The molecule has 0 bridgehead atoms. The van der Waals surface area contributed by atoms with Gasteiger partial charge in [0.1, 0.15) is 11.5 Å². The fourth-order valence-electron chi connectivity index (χ4n) is 2.75. The van der Waals surface area contributed by atoms with Gasteiger partial charge in [0.25, 0.3) is 0 Å². The summed E-state index contributed by atoms with van der Waals surface area (Å²) < 4.78 is 10.6. The predicted octanol–water partition coefficient (Wildman–Crippen LogP) is 1.80. The third-order valence-corrected chi connectivity index (χ3v) is 5.03. The zero-order valence-corrected chi connectivity index (χ0v) is 15.3. The van der Waals surface area contributed by atoms with Crippen molar-refractivity contribution in [3.05, 3.63) is 35.3 Å². The number of methoxy groups -OCH3 is 2. The Morgan fingerprint density at radius 1 is 1.24 bits per heavy atom. The highest BCUT2D eigenvalue weighted by atomic mass is 32.1. The smallest absolute Gasteiger partial charge is 0.191 e. The number of hydrogen-bond donors (Lipinski definition) is 1. The van der Waals surface area contributed by atoms with Gasteiger partial charge >= 0.3 is 0 Å². The summed E-state index contributed by atoms with van der Waals surface area (Å²) in [7, 11) is 3.28. The number of piperazine rings is 1. The van der Waals surface area contributed by atoms with Gasteiger partial charge in [-0.3, -0.25) is 0 Å². The molecule has 134 valence electrons. The molecule has 3 rings (SSSR count). The topological polar surface area (TPSA) is 76.2 Å². The number of ether oxygens (including phenoxy) is 2. The van der Waals surface area contributed by atoms with Crippen molar-refractivity contribution in [2.45, 2.75) is 6.54 Å². The average molecular weight is 361 g/mol. The Kier molecular flexibility index (Phi) is 5.60. The van der Waals surface area contributed by atoms with Gasteiger partial charge in [-0.15, -0.1) is 11.3 Å². The number of nitrogens with zero attached hydrogens (tertiary/aromatic N) is 4. The maximum Gasteiger partial charge on any atom is 0.191 e. The van der Waals surface area contributed by atoms with Crippen LogP contribution >= 0.6 is 11.3 Å². The van der Waals surface area contributed by atoms with Crippen molar-refractivity contribution in [1.29, 1.82) is 0 Å². The van der Waals surface area contributed by atoms with Crippen LogP contribution in [0, 0.1) is 0 Å². The molecule has 7 nitrogen and oxygen atoms in total. The minimum absolute atomic E-state index is 0.478. The van der Waals surface area contributed by atoms with E-state index in [0.29, 0.717) is 12.5 Å². The summed E-state index contributed by atoms with van der Waals surface area (Å²) >= 11 is 1.66. The maximum absolute atomic E-state index is 6.19. The molecule has 1 aromatic heterocycles. The number of thiazole rings is 1. The fraction of sp³-hybridized carbons (Fsp3) is 0.412. The minimum atomic E-state index is 0.478. The number of rotatable bonds is 5. The van der Waals surface area contributed by atoms with Gasteiger partial charge in [0.05, 0.1) is 20.8 Å². The Labute approximate surface area is 151 Å². The van der Waals surface area contributed by atoms with Crippen molar-refractivity contribution in [2.75, 3.05) is 45.3 Å². The SMILES string of the molecule is COc1ccc(CN=C(N)N2CCN(c3nccs3)CC2)c(OC)c1. The molecule has 0 radical (unpaired) electrons. The summed E-state index contributed by atoms with van der Waals surface area (Å²) in [6.07, 6.45) is 1.84. The minimum Gasteiger partial charge on any atom is -0.497 e. The molecular formula is C17H23N5O2S. The van der Waals surface area contributed by atoms with Crippen molar-refractivity contribution in [2.24, 2.45) is 10.7 Å². The molecule has 0 saturated carbocycles. The average Bonchev–Trinajstić information content (AvgIpc) is 3.20. The molecule has 0 spiro atoms. The number of hydrogen-bond acceptors (Lipinski definition) is 6. The summed E-state index contributed by atoms with van der Waals surface area (Å²) in [6, 6.07) is 5.71. The Hall–Kier alpha value is -2.48. The molecule has 1 saturated heterocycles. The van der Waals surface area contributed by atoms with Crippen molar-refractivity contribution in [3.8, 4) is 11.5 Å². The number of nitrogens with two attached hydrogens (primary N) is 1. The molecule has 1 aromatic carbocycles. The lowest BCUT2D eigenvalue weighted by atomic mass is 10.2. The van der Waals surface area contributed by atoms with E-state index < -0.39 is 0 Å². The van der Waals surface area contributed by atoms with E-state index in [2.05, 4.69) is 19.8 Å². The highest BCUT2D eigenvalue weighted by molar-refractivity contribution is 7.13. The lowest BCUT2D eigenvalue weighted by Gasteiger charge is -2.35. The summed E-state index contributed by atoms with van der Waals surface area (Å²) in [6.45, 7) is 3.96. The van der Waals surface area contributed by atoms with E-state index in [-0.39, 0.29) is 0 Å². The van der Waals surface area contributed by atoms with Crippen LogP contribution in [0.15, 0.2) is 34.8 Å². The first kappa shape index (κ1) is 17.3. The first-order valence-electron chi connectivity index (χ1n) is 8.11. The molecule has 0 unspecified atom stereocenters. The summed E-state index contributed by atoms with van der Waals surface area (Å²) in [4.78, 5) is 13.3. The first-order chi connectivity index (χ1) is 12.2. The third kappa shape index (κ3) is 4.14. The Balaban J connectivity index is 1.59. The Morgan fingerprint density at radius 2 is 2.04 bits per heavy atom. The van der Waals surface area contributed by atoms with Crippen LogP contribution < -0.4 is 20.1 Å². The van der Waals surface area contributed by atoms with E-state index in [1.165, 1.54) is 0 Å². The Morgan fingerprint density at radius 3 is 2.68 bits per heavy atom. The molecule has 1 aliphatic rings. The van der Waals surface area contributed by atoms with Crippen LogP contribution in [0.4, 0.5) is 5.13 Å². The van der Waals surface area contributed by atoms with E-state index in [9.17, 15) is 0 Å². The fourth-order valence-corrected chi connectivity index (χ4v) is 3.44. The van der Waals surface area contributed by atoms with Crippen LogP contribution in [0.5, 0.6) is 11.5 Å². The number of benzene rings is 1. The molecular weight excluding hydrogens is 338 g/mol. The number of guanidine groups is 1. The molecule has 1 fully saturated rings. The largest absolute Gasteiger partial charge is 0.497 e. The monoisotopic (exact) mass is 361 g/mol. The van der Waals surface area contributed by atoms with Gasteiger partial charge in [-0.05, 0) is 12.1 Å². The molecule has 25 heavy (non-hydrogen) atoms. The molecule has 2 N–H and O–H groups in total. The van der Waals surface area contributed by atoms with Gasteiger partial charge in [0, 0.05) is 49.4 Å². The van der Waals surface area contributed by atoms with E-state index >= 15 is 0 Å². The van der Waals surface area contributed by atoms with Crippen LogP contribution in [0.3, 0.4) is 0 Å². The summed E-state index contributed by atoms with van der Waals surface area (Å²) in [5.74, 6) is 2.08. The maximum atomic E-state index is 6.19. The lowest BCUT2D eigenvalue weighted by Crippen LogP contribution is -2.51. The molecule has 0 amide bonds. The van der Waals surface area contributed by atoms with Gasteiger partial charge in [-0.1, -0.05) is 0 Å². The van der Waals surface area contributed by atoms with Crippen molar-refractivity contribution in [3.63, 3.8) is 0 Å². The normalized spacial score (nSPS) is 15.4. The molecule has 2 heterocycles. The molecule has 2 aromatic rings. The third-order valence-electron chi connectivity index (χ3n) is 4.20. The zero-order chi connectivity index (χ0) is 17.6. The standard InChI is InChI=1S/C17H23N5O2S/c1-23-14-4-3-13(15(11-14)24-2)12-20-16(18)21-6-8-22(9-7-21)17-19-5-10-25-17/h3-5,10-11H,6-9,12H2,1-2H3,(H2,18,20).